The van der Waals surface area contributed by atoms with Crippen LogP contribution in [0.1, 0.15) is 20.8 Å². The van der Waals surface area contributed by atoms with Gasteiger partial charge in [-0.25, -0.2) is 14.8 Å². The zero-order chi connectivity index (χ0) is 19.9. The molecule has 3 aromatic rings. The number of carbonyl (C=O) groups is 2. The van der Waals surface area contributed by atoms with Crippen molar-refractivity contribution in [1.29, 1.82) is 0 Å². The number of esters is 1. The quantitative estimate of drug-likeness (QED) is 0.635. The first-order valence-electron chi connectivity index (χ1n) is 8.32. The maximum absolute atomic E-state index is 12.3. The predicted octanol–water partition coefficient (Wildman–Crippen LogP) is 3.27. The fourth-order valence-corrected chi connectivity index (χ4v) is 2.40. The van der Waals surface area contributed by atoms with Crippen LogP contribution in [0.15, 0.2) is 60.9 Å². The molecule has 2 aromatic carbocycles. The van der Waals surface area contributed by atoms with Gasteiger partial charge in [0.05, 0.1) is 37.9 Å². The summed E-state index contributed by atoms with van der Waals surface area (Å²) in [7, 11) is 2.89. The van der Waals surface area contributed by atoms with Crippen LogP contribution in [0.2, 0.25) is 0 Å². The number of benzene rings is 2. The lowest BCUT2D eigenvalue weighted by Gasteiger charge is -2.10. The molecule has 0 spiro atoms. The van der Waals surface area contributed by atoms with Crippen molar-refractivity contribution >= 4 is 29.1 Å². The van der Waals surface area contributed by atoms with Gasteiger partial charge >= 0.3 is 5.97 Å². The van der Waals surface area contributed by atoms with Crippen LogP contribution in [-0.4, -0.2) is 36.1 Å². The molecule has 0 radical (unpaired) electrons. The van der Waals surface area contributed by atoms with E-state index in [0.717, 1.165) is 0 Å². The molecular weight excluding hydrogens is 360 g/mol. The van der Waals surface area contributed by atoms with E-state index in [0.29, 0.717) is 28.5 Å². The molecule has 8 nitrogen and oxygen atoms in total. The zero-order valence-electron chi connectivity index (χ0n) is 15.3. The van der Waals surface area contributed by atoms with E-state index in [1.165, 1.54) is 19.5 Å². The highest BCUT2D eigenvalue weighted by Crippen LogP contribution is 2.20. The highest BCUT2D eigenvalue weighted by atomic mass is 16.5. The Kier molecular flexibility index (Phi) is 5.81. The fourth-order valence-electron chi connectivity index (χ4n) is 2.40. The molecule has 0 saturated carbocycles. The molecule has 3 rings (SSSR count). The van der Waals surface area contributed by atoms with Gasteiger partial charge in [0.25, 0.3) is 5.91 Å². The molecule has 0 bridgehead atoms. The van der Waals surface area contributed by atoms with E-state index >= 15 is 0 Å². The third kappa shape index (κ3) is 4.42. The van der Waals surface area contributed by atoms with Crippen LogP contribution in [0.3, 0.4) is 0 Å². The minimum atomic E-state index is -0.466. The molecule has 1 heterocycles. The maximum Gasteiger partial charge on any atom is 0.339 e. The maximum atomic E-state index is 12.3. The van der Waals surface area contributed by atoms with Gasteiger partial charge in [0.2, 0.25) is 0 Å². The summed E-state index contributed by atoms with van der Waals surface area (Å²) in [6, 6.07) is 13.8. The number of ether oxygens (including phenoxy) is 2. The minimum absolute atomic E-state index is 0.155. The van der Waals surface area contributed by atoms with Crippen LogP contribution >= 0.6 is 0 Å². The molecule has 28 heavy (non-hydrogen) atoms. The van der Waals surface area contributed by atoms with Gasteiger partial charge in [-0.15, -0.1) is 0 Å². The van der Waals surface area contributed by atoms with Gasteiger partial charge in [0.15, 0.2) is 0 Å². The standard InChI is InChI=1S/C20H18N4O4/c1-27-14-9-7-13(8-10-14)23-19(25)17-11-22-18(12-21-17)24-16-6-4-3-5-15(16)20(26)28-2/h3-12H,1-2H3,(H,22,24)(H,23,25). The normalized spacial score (nSPS) is 10.1. The molecule has 1 amide bonds. The highest BCUT2D eigenvalue weighted by Gasteiger charge is 2.13. The summed E-state index contributed by atoms with van der Waals surface area (Å²) in [5.41, 5.74) is 1.66. The average molecular weight is 378 g/mol. The van der Waals surface area contributed by atoms with Crippen molar-refractivity contribution in [3.05, 3.63) is 72.2 Å². The van der Waals surface area contributed by atoms with Gasteiger partial charge in [-0.1, -0.05) is 12.1 Å². The number of aromatic nitrogens is 2. The van der Waals surface area contributed by atoms with Crippen LogP contribution in [0.25, 0.3) is 0 Å². The average Bonchev–Trinajstić information content (AvgIpc) is 2.74. The van der Waals surface area contributed by atoms with E-state index in [2.05, 4.69) is 20.6 Å². The number of carbonyl (C=O) groups excluding carboxylic acids is 2. The van der Waals surface area contributed by atoms with Crippen LogP contribution in [0, 0.1) is 0 Å². The number of hydrogen-bond donors (Lipinski definition) is 2. The monoisotopic (exact) mass is 378 g/mol. The van der Waals surface area contributed by atoms with Crippen molar-refractivity contribution < 1.29 is 19.1 Å². The molecule has 0 unspecified atom stereocenters. The molecule has 0 aliphatic rings. The van der Waals surface area contributed by atoms with Crippen LogP contribution in [0.5, 0.6) is 5.75 Å². The molecule has 8 heteroatoms. The molecule has 0 saturated heterocycles. The molecule has 142 valence electrons. The number of amides is 1. The molecule has 2 N–H and O–H groups in total. The van der Waals surface area contributed by atoms with Gasteiger partial charge < -0.3 is 20.1 Å². The van der Waals surface area contributed by atoms with Gasteiger partial charge in [-0.05, 0) is 36.4 Å². The SMILES string of the molecule is COC(=O)c1ccccc1Nc1cnc(C(=O)Nc2ccc(OC)cc2)cn1. The summed E-state index contributed by atoms with van der Waals surface area (Å²) in [5.74, 6) is 0.225. The van der Waals surface area contributed by atoms with Crippen molar-refractivity contribution in [3.63, 3.8) is 0 Å². The minimum Gasteiger partial charge on any atom is -0.497 e. The first-order valence-corrected chi connectivity index (χ1v) is 8.32. The summed E-state index contributed by atoms with van der Waals surface area (Å²) < 4.78 is 9.84. The second-order valence-electron chi connectivity index (χ2n) is 5.63. The zero-order valence-corrected chi connectivity index (χ0v) is 15.3. The van der Waals surface area contributed by atoms with E-state index in [9.17, 15) is 9.59 Å². The largest absolute Gasteiger partial charge is 0.497 e. The van der Waals surface area contributed by atoms with Crippen molar-refractivity contribution in [2.24, 2.45) is 0 Å². The summed E-state index contributed by atoms with van der Waals surface area (Å²) >= 11 is 0. The topological polar surface area (TPSA) is 102 Å². The van der Waals surface area contributed by atoms with E-state index in [1.54, 1.807) is 55.6 Å². The van der Waals surface area contributed by atoms with Crippen LogP contribution in [0.4, 0.5) is 17.2 Å². The van der Waals surface area contributed by atoms with Crippen molar-refractivity contribution in [2.75, 3.05) is 24.9 Å². The Morgan fingerprint density at radius 3 is 2.32 bits per heavy atom. The van der Waals surface area contributed by atoms with E-state index in [4.69, 9.17) is 9.47 Å². The second-order valence-corrected chi connectivity index (χ2v) is 5.63. The Morgan fingerprint density at radius 2 is 1.68 bits per heavy atom. The number of para-hydroxylation sites is 1. The summed E-state index contributed by atoms with van der Waals surface area (Å²) in [6.07, 6.45) is 2.76. The van der Waals surface area contributed by atoms with Gasteiger partial charge in [-0.3, -0.25) is 4.79 Å². The molecule has 0 fully saturated rings. The van der Waals surface area contributed by atoms with Gasteiger partial charge in [0, 0.05) is 5.69 Å². The Labute approximate surface area is 161 Å². The fraction of sp³-hybridized carbons (Fsp3) is 0.100. The number of nitrogens with one attached hydrogen (secondary N) is 2. The van der Waals surface area contributed by atoms with Crippen LogP contribution < -0.4 is 15.4 Å². The molecule has 0 aliphatic carbocycles. The summed E-state index contributed by atoms with van der Waals surface area (Å²) in [4.78, 5) is 32.4. The third-order valence-corrected chi connectivity index (χ3v) is 3.83. The Balaban J connectivity index is 1.69. The Bertz CT molecular complexity index is 972. The van der Waals surface area contributed by atoms with Gasteiger partial charge in [-0.2, -0.15) is 0 Å². The third-order valence-electron chi connectivity index (χ3n) is 3.83. The summed E-state index contributed by atoms with van der Waals surface area (Å²) in [6.45, 7) is 0. The van der Waals surface area contributed by atoms with Gasteiger partial charge in [0.1, 0.15) is 17.3 Å². The van der Waals surface area contributed by atoms with E-state index in [-0.39, 0.29) is 11.6 Å². The number of rotatable bonds is 6. The number of nitrogens with zero attached hydrogens (tertiary/aromatic N) is 2. The lowest BCUT2D eigenvalue weighted by molar-refractivity contribution is 0.0601. The smallest absolute Gasteiger partial charge is 0.339 e. The van der Waals surface area contributed by atoms with E-state index < -0.39 is 5.97 Å². The lowest BCUT2D eigenvalue weighted by atomic mass is 10.2. The molecule has 1 aromatic heterocycles. The molecular formula is C20H18N4O4. The van der Waals surface area contributed by atoms with E-state index in [1.807, 2.05) is 0 Å². The molecule has 0 aliphatic heterocycles. The first kappa shape index (κ1) is 18.8. The highest BCUT2D eigenvalue weighted by molar-refractivity contribution is 6.02. The number of hydrogen-bond acceptors (Lipinski definition) is 7. The lowest BCUT2D eigenvalue weighted by Crippen LogP contribution is -2.14. The molecule has 0 atom stereocenters. The predicted molar refractivity (Wildman–Crippen MR) is 104 cm³/mol. The first-order chi connectivity index (χ1) is 13.6. The number of methoxy groups -OCH3 is 2. The Hall–Kier alpha value is -3.94. The van der Waals surface area contributed by atoms with Crippen LogP contribution in [-0.2, 0) is 4.74 Å². The number of anilines is 3. The van der Waals surface area contributed by atoms with Crippen molar-refractivity contribution in [3.8, 4) is 5.75 Å². The Morgan fingerprint density at radius 1 is 0.929 bits per heavy atom. The van der Waals surface area contributed by atoms with Crippen molar-refractivity contribution in [2.45, 2.75) is 0 Å². The van der Waals surface area contributed by atoms with Crippen molar-refractivity contribution in [1.82, 2.24) is 9.97 Å². The summed E-state index contributed by atoms with van der Waals surface area (Å²) in [5, 5.41) is 5.73. The second kappa shape index (κ2) is 8.63.